The largest absolute Gasteiger partial charge is 0.482 e. The molecule has 1 N–H and O–H groups in total. The Labute approximate surface area is 163 Å². The van der Waals surface area contributed by atoms with Crippen LogP contribution in [0.2, 0.25) is 0 Å². The van der Waals surface area contributed by atoms with Crippen molar-refractivity contribution in [3.8, 4) is 5.75 Å². The van der Waals surface area contributed by atoms with Gasteiger partial charge in [-0.1, -0.05) is 60.7 Å². The zero-order valence-corrected chi connectivity index (χ0v) is 15.3. The lowest BCUT2D eigenvalue weighted by Crippen LogP contribution is -2.22. The van der Waals surface area contributed by atoms with Crippen LogP contribution in [-0.4, -0.2) is 18.5 Å². The van der Waals surface area contributed by atoms with Crippen LogP contribution in [0.5, 0.6) is 5.75 Å². The first-order valence-electron chi connectivity index (χ1n) is 8.95. The summed E-state index contributed by atoms with van der Waals surface area (Å²) in [5, 5.41) is 2.86. The zero-order chi connectivity index (χ0) is 19.6. The highest BCUT2D eigenvalue weighted by Gasteiger charge is 2.08. The summed E-state index contributed by atoms with van der Waals surface area (Å²) >= 11 is 0. The molecule has 0 spiro atoms. The van der Waals surface area contributed by atoms with E-state index in [-0.39, 0.29) is 19.1 Å². The van der Waals surface area contributed by atoms with Crippen LogP contribution >= 0.6 is 0 Å². The van der Waals surface area contributed by atoms with Gasteiger partial charge in [0.25, 0.3) is 5.91 Å². The molecule has 28 heavy (non-hydrogen) atoms. The van der Waals surface area contributed by atoms with Crippen LogP contribution in [0.25, 0.3) is 0 Å². The van der Waals surface area contributed by atoms with E-state index in [4.69, 9.17) is 9.47 Å². The van der Waals surface area contributed by atoms with Crippen molar-refractivity contribution >= 4 is 11.9 Å². The number of esters is 1. The molecule has 0 aliphatic carbocycles. The maximum absolute atomic E-state index is 12.2. The molecule has 0 heterocycles. The Morgan fingerprint density at radius 1 is 0.750 bits per heavy atom. The van der Waals surface area contributed by atoms with Crippen molar-refractivity contribution in [3.05, 3.63) is 102 Å². The average Bonchev–Trinajstić information content (AvgIpc) is 2.76. The van der Waals surface area contributed by atoms with Gasteiger partial charge in [-0.2, -0.15) is 0 Å². The first kappa shape index (κ1) is 19.2. The van der Waals surface area contributed by atoms with E-state index >= 15 is 0 Å². The molecule has 0 atom stereocenters. The van der Waals surface area contributed by atoms with Gasteiger partial charge in [0.1, 0.15) is 12.4 Å². The third kappa shape index (κ3) is 5.99. The summed E-state index contributed by atoms with van der Waals surface area (Å²) in [5.74, 6) is -0.123. The number of rotatable bonds is 8. The SMILES string of the molecule is O=C(COc1ccc(C(=O)NCc2ccccc2)cc1)OCc1ccccc1. The van der Waals surface area contributed by atoms with Crippen molar-refractivity contribution in [2.45, 2.75) is 13.2 Å². The van der Waals surface area contributed by atoms with Gasteiger partial charge in [0.2, 0.25) is 0 Å². The number of benzene rings is 3. The number of amides is 1. The van der Waals surface area contributed by atoms with Gasteiger partial charge in [-0.05, 0) is 35.4 Å². The third-order valence-electron chi connectivity index (χ3n) is 4.01. The Kier molecular flexibility index (Phi) is 6.79. The monoisotopic (exact) mass is 375 g/mol. The fraction of sp³-hybridized carbons (Fsp3) is 0.130. The van der Waals surface area contributed by atoms with E-state index in [2.05, 4.69) is 5.32 Å². The third-order valence-corrected chi connectivity index (χ3v) is 4.01. The van der Waals surface area contributed by atoms with Crippen LogP contribution in [0.4, 0.5) is 0 Å². The second-order valence-corrected chi connectivity index (χ2v) is 6.13. The maximum atomic E-state index is 12.2. The topological polar surface area (TPSA) is 64.6 Å². The second kappa shape index (κ2) is 9.92. The molecule has 3 aromatic carbocycles. The van der Waals surface area contributed by atoms with Gasteiger partial charge in [-0.25, -0.2) is 4.79 Å². The molecule has 0 fully saturated rings. The Bertz CT molecular complexity index is 893. The molecule has 1 amide bonds. The highest BCUT2D eigenvalue weighted by Crippen LogP contribution is 2.13. The maximum Gasteiger partial charge on any atom is 0.344 e. The Hall–Kier alpha value is -3.60. The zero-order valence-electron chi connectivity index (χ0n) is 15.3. The Morgan fingerprint density at radius 2 is 1.36 bits per heavy atom. The van der Waals surface area contributed by atoms with E-state index in [1.165, 1.54) is 0 Å². The average molecular weight is 375 g/mol. The molecule has 0 bridgehead atoms. The van der Waals surface area contributed by atoms with Crippen LogP contribution in [0.15, 0.2) is 84.9 Å². The first-order chi connectivity index (χ1) is 13.7. The fourth-order valence-electron chi connectivity index (χ4n) is 2.50. The van der Waals surface area contributed by atoms with Gasteiger partial charge in [0.15, 0.2) is 6.61 Å². The van der Waals surface area contributed by atoms with Gasteiger partial charge >= 0.3 is 5.97 Å². The lowest BCUT2D eigenvalue weighted by molar-refractivity contribution is -0.147. The Balaban J connectivity index is 1.42. The predicted octanol–water partition coefficient (Wildman–Crippen LogP) is 3.74. The molecule has 142 valence electrons. The van der Waals surface area contributed by atoms with Gasteiger partial charge in [0.05, 0.1) is 0 Å². The van der Waals surface area contributed by atoms with E-state index in [1.54, 1.807) is 24.3 Å². The van der Waals surface area contributed by atoms with E-state index in [0.717, 1.165) is 11.1 Å². The molecular weight excluding hydrogens is 354 g/mol. The van der Waals surface area contributed by atoms with E-state index < -0.39 is 5.97 Å². The van der Waals surface area contributed by atoms with E-state index in [0.29, 0.717) is 17.9 Å². The standard InChI is InChI=1S/C23H21NO4/c25-22(28-16-19-9-5-2-6-10-19)17-27-21-13-11-20(12-14-21)23(26)24-15-18-7-3-1-4-8-18/h1-14H,15-17H2,(H,24,26). The minimum Gasteiger partial charge on any atom is -0.482 e. The van der Waals surface area contributed by atoms with Crippen molar-refractivity contribution < 1.29 is 19.1 Å². The number of hydrogen-bond donors (Lipinski definition) is 1. The summed E-state index contributed by atoms with van der Waals surface area (Å²) in [4.78, 5) is 24.0. The summed E-state index contributed by atoms with van der Waals surface area (Å²) in [7, 11) is 0. The molecule has 0 saturated carbocycles. The van der Waals surface area contributed by atoms with Crippen LogP contribution < -0.4 is 10.1 Å². The lowest BCUT2D eigenvalue weighted by atomic mass is 10.2. The van der Waals surface area contributed by atoms with Gasteiger partial charge in [-0.3, -0.25) is 4.79 Å². The van der Waals surface area contributed by atoms with Crippen molar-refractivity contribution in [2.75, 3.05) is 6.61 Å². The molecule has 3 rings (SSSR count). The van der Waals surface area contributed by atoms with E-state index in [1.807, 2.05) is 60.7 Å². The van der Waals surface area contributed by atoms with Crippen molar-refractivity contribution in [1.29, 1.82) is 0 Å². The van der Waals surface area contributed by atoms with Crippen molar-refractivity contribution in [2.24, 2.45) is 0 Å². The number of ether oxygens (including phenoxy) is 2. The minimum atomic E-state index is -0.450. The molecular formula is C23H21NO4. The van der Waals surface area contributed by atoms with Gasteiger partial charge < -0.3 is 14.8 Å². The minimum absolute atomic E-state index is 0.169. The summed E-state index contributed by atoms with van der Waals surface area (Å²) in [5.41, 5.74) is 2.47. The van der Waals surface area contributed by atoms with Gasteiger partial charge in [-0.15, -0.1) is 0 Å². The number of hydrogen-bond acceptors (Lipinski definition) is 4. The summed E-state index contributed by atoms with van der Waals surface area (Å²) in [6.45, 7) is 0.487. The van der Waals surface area contributed by atoms with Gasteiger partial charge in [0, 0.05) is 12.1 Å². The smallest absolute Gasteiger partial charge is 0.344 e. The number of carbonyl (C=O) groups excluding carboxylic acids is 2. The Morgan fingerprint density at radius 3 is 2.00 bits per heavy atom. The molecule has 0 radical (unpaired) electrons. The highest BCUT2D eigenvalue weighted by atomic mass is 16.6. The number of nitrogens with one attached hydrogen (secondary N) is 1. The summed E-state index contributed by atoms with van der Waals surface area (Å²) in [6.07, 6.45) is 0. The van der Waals surface area contributed by atoms with Crippen LogP contribution in [0.3, 0.4) is 0 Å². The van der Waals surface area contributed by atoms with Crippen LogP contribution in [-0.2, 0) is 22.7 Å². The molecule has 5 nitrogen and oxygen atoms in total. The quantitative estimate of drug-likeness (QED) is 0.609. The highest BCUT2D eigenvalue weighted by molar-refractivity contribution is 5.94. The number of carbonyl (C=O) groups is 2. The molecule has 0 aliphatic heterocycles. The summed E-state index contributed by atoms with van der Waals surface area (Å²) in [6, 6.07) is 25.8. The summed E-state index contributed by atoms with van der Waals surface area (Å²) < 4.78 is 10.6. The lowest BCUT2D eigenvalue weighted by Gasteiger charge is -2.08. The molecule has 0 unspecified atom stereocenters. The van der Waals surface area contributed by atoms with Crippen molar-refractivity contribution in [1.82, 2.24) is 5.32 Å². The predicted molar refractivity (Wildman–Crippen MR) is 106 cm³/mol. The van der Waals surface area contributed by atoms with Crippen LogP contribution in [0.1, 0.15) is 21.5 Å². The van der Waals surface area contributed by atoms with Crippen LogP contribution in [0, 0.1) is 0 Å². The molecule has 5 heteroatoms. The first-order valence-corrected chi connectivity index (χ1v) is 8.95. The normalized spacial score (nSPS) is 10.1. The second-order valence-electron chi connectivity index (χ2n) is 6.13. The fourth-order valence-corrected chi connectivity index (χ4v) is 2.50. The molecule has 0 aliphatic rings. The molecule has 3 aromatic rings. The van der Waals surface area contributed by atoms with E-state index in [9.17, 15) is 9.59 Å². The van der Waals surface area contributed by atoms with Crippen molar-refractivity contribution in [3.63, 3.8) is 0 Å². The molecule has 0 aromatic heterocycles. The molecule has 0 saturated heterocycles.